The maximum atomic E-state index is 12.9. The molecule has 142 valence electrons. The summed E-state index contributed by atoms with van der Waals surface area (Å²) in [6.07, 6.45) is 0.272. The molecule has 1 amide bonds. The number of ether oxygens (including phenoxy) is 1. The third-order valence-corrected chi connectivity index (χ3v) is 6.39. The number of allylic oxidation sites excluding steroid dienone is 1. The number of fused-ring (bicyclic) bond motifs is 1. The van der Waals surface area contributed by atoms with Crippen molar-refractivity contribution in [3.8, 4) is 11.8 Å². The van der Waals surface area contributed by atoms with Crippen molar-refractivity contribution in [3.05, 3.63) is 69.7 Å². The van der Waals surface area contributed by atoms with Gasteiger partial charge in [-0.05, 0) is 42.0 Å². The van der Waals surface area contributed by atoms with Crippen LogP contribution in [-0.4, -0.2) is 30.5 Å². The fraction of sp³-hybridized carbons (Fsp3) is 0.238. The van der Waals surface area contributed by atoms with Gasteiger partial charge in [0, 0.05) is 23.0 Å². The monoisotopic (exact) mass is 411 g/mol. The first kappa shape index (κ1) is 18.7. The highest BCUT2D eigenvalue weighted by atomic mass is 35.5. The van der Waals surface area contributed by atoms with Gasteiger partial charge < -0.3 is 9.64 Å². The largest absolute Gasteiger partial charge is 0.497 e. The molecule has 1 atom stereocenters. The predicted molar refractivity (Wildman–Crippen MR) is 111 cm³/mol. The van der Waals surface area contributed by atoms with Gasteiger partial charge in [0.15, 0.2) is 0 Å². The highest BCUT2D eigenvalue weighted by Gasteiger charge is 2.38. The van der Waals surface area contributed by atoms with Crippen LogP contribution in [0.2, 0.25) is 5.02 Å². The van der Waals surface area contributed by atoms with Crippen molar-refractivity contribution in [2.45, 2.75) is 12.3 Å². The fourth-order valence-corrected chi connectivity index (χ4v) is 4.81. The minimum Gasteiger partial charge on any atom is -0.497 e. The highest BCUT2D eigenvalue weighted by Crippen LogP contribution is 2.43. The number of hydrogen-bond donors (Lipinski definition) is 0. The average molecular weight is 412 g/mol. The molecule has 2 aliphatic rings. The van der Waals surface area contributed by atoms with Crippen molar-refractivity contribution in [2.24, 2.45) is 0 Å². The van der Waals surface area contributed by atoms with E-state index in [9.17, 15) is 10.1 Å². The number of carbonyl (C=O) groups excluding carboxylic acids is 1. The standard InChI is InChI=1S/C21H18ClN3O2S/c1-27-17-4-2-3-14(9-17)18-10-20(26)25-12-24(13-28-21(25)19(18)11-23)16-7-5-15(22)6-8-16/h2-9,18H,10,12-13H2,1H3. The van der Waals surface area contributed by atoms with E-state index < -0.39 is 0 Å². The summed E-state index contributed by atoms with van der Waals surface area (Å²) in [6, 6.07) is 17.5. The minimum absolute atomic E-state index is 0.0213. The number of methoxy groups -OCH3 is 1. The van der Waals surface area contributed by atoms with Crippen LogP contribution in [0.5, 0.6) is 5.75 Å². The second-order valence-corrected chi connectivity index (χ2v) is 7.99. The van der Waals surface area contributed by atoms with Crippen molar-refractivity contribution in [2.75, 3.05) is 24.6 Å². The molecule has 4 rings (SSSR count). The molecule has 0 bridgehead atoms. The Hall–Kier alpha value is -2.62. The molecule has 1 saturated heterocycles. The summed E-state index contributed by atoms with van der Waals surface area (Å²) >= 11 is 7.50. The topological polar surface area (TPSA) is 56.6 Å². The summed E-state index contributed by atoms with van der Waals surface area (Å²) in [7, 11) is 1.61. The second kappa shape index (κ2) is 7.78. The molecule has 1 fully saturated rings. The Labute approximate surface area is 173 Å². The van der Waals surface area contributed by atoms with E-state index >= 15 is 0 Å². The first-order valence-electron chi connectivity index (χ1n) is 8.82. The molecule has 0 aliphatic carbocycles. The van der Waals surface area contributed by atoms with Crippen molar-refractivity contribution in [1.82, 2.24) is 4.90 Å². The number of nitriles is 1. The van der Waals surface area contributed by atoms with Gasteiger partial charge in [0.1, 0.15) is 5.75 Å². The number of benzene rings is 2. The van der Waals surface area contributed by atoms with Gasteiger partial charge in [0.05, 0.1) is 36.3 Å². The molecule has 0 spiro atoms. The van der Waals surface area contributed by atoms with Crippen LogP contribution in [0, 0.1) is 11.3 Å². The molecule has 2 aromatic rings. The number of rotatable bonds is 3. The number of nitrogens with zero attached hydrogens (tertiary/aromatic N) is 3. The van der Waals surface area contributed by atoms with Gasteiger partial charge >= 0.3 is 0 Å². The van der Waals surface area contributed by atoms with E-state index in [4.69, 9.17) is 16.3 Å². The third kappa shape index (κ3) is 3.44. The molecular weight excluding hydrogens is 394 g/mol. The first-order chi connectivity index (χ1) is 13.6. The van der Waals surface area contributed by atoms with E-state index in [1.54, 1.807) is 12.0 Å². The van der Waals surface area contributed by atoms with Crippen LogP contribution in [0.4, 0.5) is 5.69 Å². The van der Waals surface area contributed by atoms with Crippen LogP contribution < -0.4 is 9.64 Å². The Morgan fingerprint density at radius 1 is 1.25 bits per heavy atom. The number of carbonyl (C=O) groups is 1. The van der Waals surface area contributed by atoms with Gasteiger partial charge in [0.2, 0.25) is 5.91 Å². The summed E-state index contributed by atoms with van der Waals surface area (Å²) < 4.78 is 5.30. The SMILES string of the molecule is COc1cccc(C2CC(=O)N3CN(c4ccc(Cl)cc4)CSC3=C2C#N)c1. The Morgan fingerprint density at radius 2 is 2.04 bits per heavy atom. The molecule has 0 radical (unpaired) electrons. The minimum atomic E-state index is -0.242. The van der Waals surface area contributed by atoms with Crippen LogP contribution in [0.1, 0.15) is 17.9 Å². The highest BCUT2D eigenvalue weighted by molar-refractivity contribution is 8.03. The molecule has 28 heavy (non-hydrogen) atoms. The normalized spacial score (nSPS) is 19.3. The van der Waals surface area contributed by atoms with Gasteiger partial charge in [-0.2, -0.15) is 5.26 Å². The molecule has 2 aliphatic heterocycles. The van der Waals surface area contributed by atoms with Gasteiger partial charge in [-0.3, -0.25) is 9.69 Å². The predicted octanol–water partition coefficient (Wildman–Crippen LogP) is 4.57. The first-order valence-corrected chi connectivity index (χ1v) is 10.2. The lowest BCUT2D eigenvalue weighted by Crippen LogP contribution is -2.47. The van der Waals surface area contributed by atoms with Gasteiger partial charge in [0.25, 0.3) is 0 Å². The van der Waals surface area contributed by atoms with Crippen LogP contribution in [0.25, 0.3) is 0 Å². The summed E-state index contributed by atoms with van der Waals surface area (Å²) in [4.78, 5) is 16.8. The number of halogens is 1. The lowest BCUT2D eigenvalue weighted by Gasteiger charge is -2.42. The number of thioether (sulfide) groups is 1. The van der Waals surface area contributed by atoms with Crippen molar-refractivity contribution < 1.29 is 9.53 Å². The van der Waals surface area contributed by atoms with Crippen molar-refractivity contribution in [1.29, 1.82) is 5.26 Å². The molecular formula is C21H18ClN3O2S. The van der Waals surface area contributed by atoms with Crippen LogP contribution in [-0.2, 0) is 4.79 Å². The summed E-state index contributed by atoms with van der Waals surface area (Å²) in [5, 5.41) is 11.3. The van der Waals surface area contributed by atoms with Gasteiger partial charge in [-0.15, -0.1) is 0 Å². The Balaban J connectivity index is 1.66. The van der Waals surface area contributed by atoms with E-state index in [1.807, 2.05) is 48.5 Å². The van der Waals surface area contributed by atoms with Crippen LogP contribution >= 0.6 is 23.4 Å². The molecule has 0 aromatic heterocycles. The Morgan fingerprint density at radius 3 is 2.75 bits per heavy atom. The lowest BCUT2D eigenvalue weighted by atomic mass is 9.86. The van der Waals surface area contributed by atoms with Crippen LogP contribution in [0.15, 0.2) is 59.1 Å². The molecule has 2 heterocycles. The average Bonchev–Trinajstić information content (AvgIpc) is 2.74. The zero-order valence-corrected chi connectivity index (χ0v) is 16.8. The zero-order chi connectivity index (χ0) is 19.7. The molecule has 7 heteroatoms. The number of amides is 1. The molecule has 5 nitrogen and oxygen atoms in total. The van der Waals surface area contributed by atoms with E-state index in [-0.39, 0.29) is 18.2 Å². The van der Waals surface area contributed by atoms with Gasteiger partial charge in [-0.25, -0.2) is 0 Å². The smallest absolute Gasteiger partial charge is 0.229 e. The van der Waals surface area contributed by atoms with Crippen molar-refractivity contribution >= 4 is 35.0 Å². The second-order valence-electron chi connectivity index (χ2n) is 6.62. The van der Waals surface area contributed by atoms with Gasteiger partial charge in [-0.1, -0.05) is 35.5 Å². The summed E-state index contributed by atoms with van der Waals surface area (Å²) in [5.41, 5.74) is 2.57. The molecule has 2 aromatic carbocycles. The molecule has 0 saturated carbocycles. The van der Waals surface area contributed by atoms with E-state index in [2.05, 4.69) is 11.0 Å². The Kier molecular flexibility index (Phi) is 5.21. The summed E-state index contributed by atoms with van der Waals surface area (Å²) in [6.45, 7) is 0.429. The fourth-order valence-electron chi connectivity index (χ4n) is 3.52. The summed E-state index contributed by atoms with van der Waals surface area (Å²) in [5.74, 6) is 1.16. The zero-order valence-electron chi connectivity index (χ0n) is 15.3. The number of anilines is 1. The lowest BCUT2D eigenvalue weighted by molar-refractivity contribution is -0.129. The molecule has 1 unspecified atom stereocenters. The van der Waals surface area contributed by atoms with Crippen LogP contribution in [0.3, 0.4) is 0 Å². The van der Waals surface area contributed by atoms with E-state index in [0.717, 1.165) is 22.0 Å². The maximum absolute atomic E-state index is 12.9. The van der Waals surface area contributed by atoms with E-state index in [1.165, 1.54) is 11.8 Å². The third-order valence-electron chi connectivity index (χ3n) is 4.98. The maximum Gasteiger partial charge on any atom is 0.229 e. The quantitative estimate of drug-likeness (QED) is 0.740. The van der Waals surface area contributed by atoms with Crippen molar-refractivity contribution in [3.63, 3.8) is 0 Å². The number of hydrogen-bond acceptors (Lipinski definition) is 5. The van der Waals surface area contributed by atoms with E-state index in [0.29, 0.717) is 23.1 Å². The molecule has 0 N–H and O–H groups in total. The Bertz CT molecular complexity index is 984.